The van der Waals surface area contributed by atoms with E-state index < -0.39 is 46.9 Å². The van der Waals surface area contributed by atoms with E-state index in [4.69, 9.17) is 26.8 Å². The second-order valence-corrected chi connectivity index (χ2v) is 7.85. The summed E-state index contributed by atoms with van der Waals surface area (Å²) in [7, 11) is 1.08. The van der Waals surface area contributed by atoms with E-state index in [2.05, 4.69) is 15.7 Å². The number of thioether (sulfide) groups is 1. The summed E-state index contributed by atoms with van der Waals surface area (Å²) in [4.78, 5) is 37.4. The predicted octanol–water partition coefficient (Wildman–Crippen LogP) is -5.58. The number of hydrogen-bond donors (Lipinski definition) is 2. The van der Waals surface area contributed by atoms with Crippen LogP contribution in [-0.4, -0.2) is 91.4 Å². The summed E-state index contributed by atoms with van der Waals surface area (Å²) in [6, 6.07) is 0. The molecule has 1 unspecified atom stereocenters. The van der Waals surface area contributed by atoms with Gasteiger partial charge in [-0.25, -0.2) is 9.36 Å². The fourth-order valence-corrected chi connectivity index (χ4v) is 3.83. The molecule has 1 aromatic heterocycles. The van der Waals surface area contributed by atoms with E-state index in [9.17, 15) is 28.3 Å². The van der Waals surface area contributed by atoms with Crippen LogP contribution in [0.25, 0.3) is 0 Å². The van der Waals surface area contributed by atoms with E-state index in [-0.39, 0.29) is 78.0 Å². The smallest absolute Gasteiger partial charge is 0.543 e. The molecule has 18 heteroatoms. The number of hydrogen-bond acceptors (Lipinski definition) is 11. The van der Waals surface area contributed by atoms with Crippen molar-refractivity contribution in [3.63, 3.8) is 0 Å². The van der Waals surface area contributed by atoms with Gasteiger partial charge in [0.25, 0.3) is 17.4 Å². The number of tetrazole rings is 1. The number of nitrogens with zero attached hydrogens (tertiary/aromatic N) is 5. The minimum absolute atomic E-state index is 0. The van der Waals surface area contributed by atoms with Gasteiger partial charge in [0.2, 0.25) is 10.7 Å². The number of nitrogens with one attached hydrogen (secondary N) is 1. The van der Waals surface area contributed by atoms with Gasteiger partial charge < -0.3 is 29.8 Å². The minimum Gasteiger partial charge on any atom is -0.543 e. The number of carboxylic acid groups (broad SMARTS) is 1. The molecule has 0 spiro atoms. The maximum Gasteiger partial charge on any atom is 1.00 e. The molecule has 0 saturated carbocycles. The number of carbonyl (C=O) groups excluding carboxylic acids is 3. The Kier molecular flexibility index (Phi) is 9.51. The molecule has 0 aromatic carbocycles. The molecule has 1 aromatic rings. The van der Waals surface area contributed by atoms with Gasteiger partial charge in [0, 0.05) is 12.7 Å². The molecule has 2 atom stereocenters. The van der Waals surface area contributed by atoms with Crippen LogP contribution in [0, 0.1) is 4.77 Å². The molecule has 13 nitrogen and oxygen atoms in total. The molecule has 0 bridgehead atoms. The molecular formula is C15H17F2N6NaO7S2. The molecule has 33 heavy (non-hydrogen) atoms. The quantitative estimate of drug-likeness (QED) is 0.131. The number of aliphatic hydroxyl groups excluding tert-OH is 1. The number of halogens is 2. The molecule has 0 aliphatic carbocycles. The molecule has 2 N–H and O–H groups in total. The molecule has 2 amide bonds. The largest absolute Gasteiger partial charge is 1.00 e. The number of methoxy groups -OCH3 is 1. The van der Waals surface area contributed by atoms with Crippen LogP contribution in [0.3, 0.4) is 0 Å². The fraction of sp³-hybridized carbons (Fsp3) is 0.600. The summed E-state index contributed by atoms with van der Waals surface area (Å²) in [5.41, 5.74) is -2.52. The van der Waals surface area contributed by atoms with Crippen molar-refractivity contribution in [1.82, 2.24) is 30.0 Å². The molecule has 1 saturated heterocycles. The standard InChI is InChI=1S/C15H18F2N6O7S2.Na/c1-29-15(18-8(25)6-32-13(16)17)11(28)23-9(10(26)27)7(5-30-12(15)23)4-22-14(31)21(2-3-24)19-20-22;/h12-13,24H,2-6H2,1H3,(H,18,25)(H,26,27);/q;+1/p-1/t12?,15-;/m0./s1. The van der Waals surface area contributed by atoms with Crippen LogP contribution in [0.15, 0.2) is 11.3 Å². The Morgan fingerprint density at radius 2 is 2.12 bits per heavy atom. The average Bonchev–Trinajstić information content (AvgIpc) is 3.09. The van der Waals surface area contributed by atoms with Gasteiger partial charge in [-0.2, -0.15) is 8.78 Å². The zero-order valence-electron chi connectivity index (χ0n) is 17.4. The number of rotatable bonds is 10. The fourth-order valence-electron chi connectivity index (χ4n) is 3.26. The second kappa shape index (κ2) is 11.3. The van der Waals surface area contributed by atoms with Gasteiger partial charge in [-0.05, 0) is 22.6 Å². The zero-order valence-corrected chi connectivity index (χ0v) is 21.0. The van der Waals surface area contributed by atoms with Crippen LogP contribution in [0.5, 0.6) is 0 Å². The number of amides is 2. The van der Waals surface area contributed by atoms with Crippen molar-refractivity contribution in [1.29, 1.82) is 0 Å². The Morgan fingerprint density at radius 3 is 2.70 bits per heavy atom. The number of aliphatic hydroxyl groups is 1. The number of carboxylic acids is 1. The maximum atomic E-state index is 12.8. The summed E-state index contributed by atoms with van der Waals surface area (Å²) in [6.07, 6.45) is -1.37. The van der Waals surface area contributed by atoms with Crippen molar-refractivity contribution >= 4 is 41.8 Å². The van der Waals surface area contributed by atoms with Crippen molar-refractivity contribution in [2.45, 2.75) is 30.8 Å². The zero-order chi connectivity index (χ0) is 23.6. The van der Waals surface area contributed by atoms with Gasteiger partial charge in [-0.1, -0.05) is 11.8 Å². The van der Waals surface area contributed by atoms with Gasteiger partial charge >= 0.3 is 29.6 Å². The van der Waals surface area contributed by atoms with Crippen LogP contribution < -0.4 is 40.0 Å². The van der Waals surface area contributed by atoms with Gasteiger partial charge in [-0.3, -0.25) is 14.5 Å². The first-order valence-corrected chi connectivity index (χ1v) is 10.4. The number of aliphatic carboxylic acids is 1. The Labute approximate surface area is 216 Å². The van der Waals surface area contributed by atoms with E-state index in [1.165, 1.54) is 9.36 Å². The van der Waals surface area contributed by atoms with Crippen LogP contribution in [0.4, 0.5) is 8.78 Å². The van der Waals surface area contributed by atoms with E-state index in [1.54, 1.807) is 0 Å². The monoisotopic (exact) mass is 518 g/mol. The van der Waals surface area contributed by atoms with E-state index in [1.807, 2.05) is 0 Å². The third kappa shape index (κ3) is 5.29. The summed E-state index contributed by atoms with van der Waals surface area (Å²) in [6.45, 7) is -0.692. The number of β-lactam (4-membered cyclic amide) rings is 1. The molecule has 3 rings (SSSR count). The van der Waals surface area contributed by atoms with E-state index in [0.717, 1.165) is 12.0 Å². The topological polar surface area (TPSA) is 164 Å². The SMILES string of the molecule is CO[C@@]1(NC(=O)CSC(F)F)C(=O)N2C(C(=O)[O-])=C(Cn3nnn(CCO)c3=S)COC21.[Na+]. The summed E-state index contributed by atoms with van der Waals surface area (Å²) in [5, 5.41) is 30.6. The summed E-state index contributed by atoms with van der Waals surface area (Å²) < 4.78 is 37.8. The van der Waals surface area contributed by atoms with Crippen LogP contribution in [0.2, 0.25) is 0 Å². The van der Waals surface area contributed by atoms with Crippen LogP contribution in [0.1, 0.15) is 0 Å². The maximum absolute atomic E-state index is 12.8. The first-order chi connectivity index (χ1) is 15.2. The normalized spacial score (nSPS) is 22.0. The Morgan fingerprint density at radius 1 is 1.45 bits per heavy atom. The number of fused-ring (bicyclic) bond motifs is 1. The van der Waals surface area contributed by atoms with Crippen molar-refractivity contribution in [2.75, 3.05) is 26.1 Å². The van der Waals surface area contributed by atoms with E-state index in [0.29, 0.717) is 0 Å². The first-order valence-electron chi connectivity index (χ1n) is 8.92. The predicted molar refractivity (Wildman–Crippen MR) is 101 cm³/mol. The van der Waals surface area contributed by atoms with Gasteiger partial charge in [0.05, 0.1) is 43.7 Å². The van der Waals surface area contributed by atoms with Crippen molar-refractivity contribution in [3.8, 4) is 0 Å². The van der Waals surface area contributed by atoms with E-state index >= 15 is 0 Å². The molecule has 2 aliphatic heterocycles. The third-order valence-corrected chi connectivity index (χ3v) is 5.74. The Hall–Kier alpha value is -1.47. The molecule has 1 fully saturated rings. The third-order valence-electron chi connectivity index (χ3n) is 4.64. The minimum atomic E-state index is -2.80. The molecule has 0 radical (unpaired) electrons. The molecule has 176 valence electrons. The van der Waals surface area contributed by atoms with Crippen LogP contribution in [-0.2, 0) is 36.9 Å². The summed E-state index contributed by atoms with van der Waals surface area (Å²) in [5.74, 6) is -7.05. The van der Waals surface area contributed by atoms with Crippen molar-refractivity contribution < 1.29 is 72.4 Å². The number of ether oxygens (including phenoxy) is 2. The van der Waals surface area contributed by atoms with Gasteiger partial charge in [0.15, 0.2) is 6.23 Å². The number of carbonyl (C=O) groups is 3. The average molecular weight is 518 g/mol. The molecule has 2 aliphatic rings. The Bertz CT molecular complexity index is 1020. The number of alkyl halides is 2. The van der Waals surface area contributed by atoms with Crippen molar-refractivity contribution in [3.05, 3.63) is 16.0 Å². The summed E-state index contributed by atoms with van der Waals surface area (Å²) >= 11 is 5.21. The number of aromatic nitrogens is 4. The second-order valence-electron chi connectivity index (χ2n) is 6.50. The van der Waals surface area contributed by atoms with Crippen LogP contribution >= 0.6 is 24.0 Å². The molecule has 3 heterocycles. The Balaban J connectivity index is 0.00000385. The first kappa shape index (κ1) is 27.8. The van der Waals surface area contributed by atoms with Crippen molar-refractivity contribution in [2.24, 2.45) is 0 Å². The van der Waals surface area contributed by atoms with Gasteiger partial charge in [0.1, 0.15) is 0 Å². The molecular weight excluding hydrogens is 501 g/mol. The van der Waals surface area contributed by atoms with Gasteiger partial charge in [-0.15, -0.1) is 0 Å².